The minimum atomic E-state index is -0.257. The summed E-state index contributed by atoms with van der Waals surface area (Å²) in [6, 6.07) is 6.13. The number of ether oxygens (including phenoxy) is 2. The topological polar surface area (TPSA) is 64.8 Å². The van der Waals surface area contributed by atoms with Gasteiger partial charge in [0.15, 0.2) is 6.39 Å². The van der Waals surface area contributed by atoms with Crippen LogP contribution in [0, 0.1) is 18.7 Å². The van der Waals surface area contributed by atoms with Gasteiger partial charge in [-0.15, -0.1) is 0 Å². The normalized spacial score (nSPS) is 21.3. The summed E-state index contributed by atoms with van der Waals surface area (Å²) in [5, 5.41) is 0. The number of carbonyl (C=O) groups excluding carboxylic acids is 1. The summed E-state index contributed by atoms with van der Waals surface area (Å²) in [6.07, 6.45) is 5.94. The second kappa shape index (κ2) is 8.53. The van der Waals surface area contributed by atoms with E-state index in [1.54, 1.807) is 19.1 Å². The van der Waals surface area contributed by atoms with Gasteiger partial charge in [-0.25, -0.2) is 9.37 Å². The first-order valence-corrected chi connectivity index (χ1v) is 10.3. The molecule has 156 valence electrons. The summed E-state index contributed by atoms with van der Waals surface area (Å²) in [7, 11) is 0. The second-order valence-corrected chi connectivity index (χ2v) is 8.04. The average molecular weight is 402 g/mol. The van der Waals surface area contributed by atoms with Crippen LogP contribution in [0.25, 0.3) is 0 Å². The highest BCUT2D eigenvalue weighted by atomic mass is 19.1. The Labute approximate surface area is 170 Å². The molecular weight excluding hydrogens is 375 g/mol. The van der Waals surface area contributed by atoms with Crippen molar-refractivity contribution in [3.63, 3.8) is 0 Å². The summed E-state index contributed by atoms with van der Waals surface area (Å²) in [5.74, 6) is 1.22. The molecule has 2 aromatic rings. The Morgan fingerprint density at radius 1 is 1.31 bits per heavy atom. The Bertz CT molecular complexity index is 828. The van der Waals surface area contributed by atoms with Gasteiger partial charge in [0.05, 0.1) is 17.9 Å². The number of rotatable bonds is 5. The fraction of sp³-hybridized carbons (Fsp3) is 0.545. The van der Waals surface area contributed by atoms with Crippen LogP contribution >= 0.6 is 0 Å². The molecule has 2 aliphatic heterocycles. The van der Waals surface area contributed by atoms with Gasteiger partial charge in [-0.3, -0.25) is 4.79 Å². The maximum absolute atomic E-state index is 13.0. The van der Waals surface area contributed by atoms with Crippen LogP contribution in [0.5, 0.6) is 5.75 Å². The maximum Gasteiger partial charge on any atom is 0.291 e. The highest BCUT2D eigenvalue weighted by Crippen LogP contribution is 2.39. The van der Waals surface area contributed by atoms with Crippen LogP contribution < -0.4 is 4.74 Å². The number of aryl methyl sites for hydroxylation is 1. The number of halogens is 1. The lowest BCUT2D eigenvalue weighted by Crippen LogP contribution is -2.51. The summed E-state index contributed by atoms with van der Waals surface area (Å²) >= 11 is 0. The molecule has 1 unspecified atom stereocenters. The quantitative estimate of drug-likeness (QED) is 0.757. The monoisotopic (exact) mass is 402 g/mol. The number of piperidine rings is 1. The second-order valence-electron chi connectivity index (χ2n) is 8.04. The summed E-state index contributed by atoms with van der Waals surface area (Å²) < 4.78 is 30.2. The molecule has 6 nitrogen and oxygen atoms in total. The molecule has 2 aliphatic rings. The smallest absolute Gasteiger partial charge is 0.291 e. The van der Waals surface area contributed by atoms with Crippen molar-refractivity contribution in [2.45, 2.75) is 44.6 Å². The van der Waals surface area contributed by atoms with Crippen molar-refractivity contribution in [1.29, 1.82) is 0 Å². The van der Waals surface area contributed by atoms with Gasteiger partial charge in [-0.05, 0) is 69.2 Å². The minimum absolute atomic E-state index is 0.0880. The van der Waals surface area contributed by atoms with Crippen molar-refractivity contribution in [2.75, 3.05) is 26.3 Å². The number of carbonyl (C=O) groups is 1. The third-order valence-electron chi connectivity index (χ3n) is 6.11. The zero-order chi connectivity index (χ0) is 20.3. The Hall–Kier alpha value is -2.41. The number of hydrogen-bond acceptors (Lipinski definition) is 5. The fourth-order valence-electron chi connectivity index (χ4n) is 4.37. The first-order chi connectivity index (χ1) is 14.0. The highest BCUT2D eigenvalue weighted by molar-refractivity contribution is 5.92. The Kier molecular flexibility index (Phi) is 5.85. The van der Waals surface area contributed by atoms with Gasteiger partial charge >= 0.3 is 0 Å². The predicted octanol–water partition coefficient (Wildman–Crippen LogP) is 3.99. The van der Waals surface area contributed by atoms with Gasteiger partial charge in [0.2, 0.25) is 5.76 Å². The van der Waals surface area contributed by atoms with E-state index in [-0.39, 0.29) is 17.3 Å². The van der Waals surface area contributed by atoms with Gasteiger partial charge in [-0.2, -0.15) is 0 Å². The first-order valence-electron chi connectivity index (χ1n) is 10.3. The van der Waals surface area contributed by atoms with E-state index in [4.69, 9.17) is 13.9 Å². The third-order valence-corrected chi connectivity index (χ3v) is 6.11. The van der Waals surface area contributed by atoms with Crippen LogP contribution in [0.1, 0.15) is 48.4 Å². The molecule has 29 heavy (non-hydrogen) atoms. The van der Waals surface area contributed by atoms with Gasteiger partial charge in [0.1, 0.15) is 11.6 Å². The van der Waals surface area contributed by atoms with Crippen molar-refractivity contribution in [1.82, 2.24) is 9.88 Å². The largest absolute Gasteiger partial charge is 0.494 e. The molecule has 0 radical (unpaired) electrons. The lowest BCUT2D eigenvalue weighted by molar-refractivity contribution is -0.125. The molecule has 3 heterocycles. The van der Waals surface area contributed by atoms with E-state index >= 15 is 0 Å². The number of aromatic nitrogens is 1. The lowest BCUT2D eigenvalue weighted by Gasteiger charge is -2.46. The average Bonchev–Trinajstić information content (AvgIpc) is 3.16. The van der Waals surface area contributed by atoms with Crippen molar-refractivity contribution < 1.29 is 23.1 Å². The molecular formula is C22H27FN2O4. The molecule has 0 bridgehead atoms. The number of hydrogen-bond donors (Lipinski definition) is 0. The van der Waals surface area contributed by atoms with E-state index in [0.29, 0.717) is 42.8 Å². The van der Waals surface area contributed by atoms with Crippen LogP contribution in [-0.4, -0.2) is 47.7 Å². The van der Waals surface area contributed by atoms with E-state index in [1.165, 1.54) is 18.5 Å². The third kappa shape index (κ3) is 4.61. The van der Waals surface area contributed by atoms with E-state index in [2.05, 4.69) is 4.98 Å². The molecule has 0 N–H and O–H groups in total. The SMILES string of the molecule is Cc1ncoc1C(=O)N1CCC2(CC1)CC(CCOc1ccc(F)cc1)CCO2. The number of oxazole rings is 1. The number of nitrogens with zero attached hydrogens (tertiary/aromatic N) is 2. The minimum Gasteiger partial charge on any atom is -0.494 e. The Morgan fingerprint density at radius 2 is 2.07 bits per heavy atom. The number of likely N-dealkylation sites (tertiary alicyclic amines) is 1. The van der Waals surface area contributed by atoms with E-state index < -0.39 is 0 Å². The van der Waals surface area contributed by atoms with Crippen molar-refractivity contribution in [2.24, 2.45) is 5.92 Å². The molecule has 1 aromatic heterocycles. The highest BCUT2D eigenvalue weighted by Gasteiger charge is 2.41. The van der Waals surface area contributed by atoms with Gasteiger partial charge in [0, 0.05) is 19.7 Å². The molecule has 2 fully saturated rings. The molecule has 4 rings (SSSR count). The van der Waals surface area contributed by atoms with Crippen LogP contribution in [0.2, 0.25) is 0 Å². The predicted molar refractivity (Wildman–Crippen MR) is 104 cm³/mol. The zero-order valence-electron chi connectivity index (χ0n) is 16.7. The molecule has 7 heteroatoms. The molecule has 1 spiro atoms. The standard InChI is InChI=1S/C22H27FN2O4/c1-16-20(28-15-24-16)21(26)25-10-8-22(9-11-25)14-17(7-13-29-22)6-12-27-19-4-2-18(23)3-5-19/h2-5,15,17H,6-14H2,1H3. The fourth-order valence-corrected chi connectivity index (χ4v) is 4.37. The van der Waals surface area contributed by atoms with Crippen molar-refractivity contribution in [3.8, 4) is 5.75 Å². The van der Waals surface area contributed by atoms with E-state index in [0.717, 1.165) is 38.7 Å². The molecule has 1 aromatic carbocycles. The van der Waals surface area contributed by atoms with Crippen LogP contribution in [0.4, 0.5) is 4.39 Å². The maximum atomic E-state index is 13.0. The zero-order valence-corrected chi connectivity index (χ0v) is 16.7. The molecule has 1 atom stereocenters. The molecule has 2 saturated heterocycles. The molecule has 1 amide bonds. The summed E-state index contributed by atoms with van der Waals surface area (Å²) in [6.45, 7) is 4.47. The van der Waals surface area contributed by atoms with Crippen molar-refractivity contribution in [3.05, 3.63) is 47.9 Å². The van der Waals surface area contributed by atoms with Gasteiger partial charge in [0.25, 0.3) is 5.91 Å². The van der Waals surface area contributed by atoms with Crippen molar-refractivity contribution >= 4 is 5.91 Å². The van der Waals surface area contributed by atoms with Gasteiger partial charge in [-0.1, -0.05) is 0 Å². The Balaban J connectivity index is 1.26. The Morgan fingerprint density at radius 3 is 2.76 bits per heavy atom. The molecule has 0 saturated carbocycles. The van der Waals surface area contributed by atoms with Crippen LogP contribution in [0.3, 0.4) is 0 Å². The number of amides is 1. The first kappa shape index (κ1) is 19.9. The molecule has 0 aliphatic carbocycles. The van der Waals surface area contributed by atoms with Crippen LogP contribution in [-0.2, 0) is 4.74 Å². The van der Waals surface area contributed by atoms with E-state index in [9.17, 15) is 9.18 Å². The lowest BCUT2D eigenvalue weighted by atomic mass is 9.78. The summed E-state index contributed by atoms with van der Waals surface area (Å²) in [4.78, 5) is 18.5. The summed E-state index contributed by atoms with van der Waals surface area (Å²) in [5.41, 5.74) is 0.483. The number of benzene rings is 1. The van der Waals surface area contributed by atoms with Gasteiger partial charge < -0.3 is 18.8 Å². The van der Waals surface area contributed by atoms with E-state index in [1.807, 2.05) is 4.90 Å². The van der Waals surface area contributed by atoms with Crippen LogP contribution in [0.15, 0.2) is 35.1 Å².